The molecule has 3 N–H and O–H groups in total. The van der Waals surface area contributed by atoms with Gasteiger partial charge >= 0.3 is 12.2 Å². The zero-order valence-electron chi connectivity index (χ0n) is 18.4. The van der Waals surface area contributed by atoms with Crippen LogP contribution in [0.4, 0.5) is 35.2 Å². The molecule has 11 heteroatoms. The third-order valence-corrected chi connectivity index (χ3v) is 4.80. The molecule has 2 amide bonds. The number of rotatable bonds is 7. The summed E-state index contributed by atoms with van der Waals surface area (Å²) in [4.78, 5) is 20.4. The fourth-order valence-corrected chi connectivity index (χ4v) is 3.11. The summed E-state index contributed by atoms with van der Waals surface area (Å²) in [5, 5.41) is 8.06. The Morgan fingerprint density at radius 3 is 2.46 bits per heavy atom. The lowest BCUT2D eigenvalue weighted by Gasteiger charge is -2.13. The fraction of sp³-hybridized carbons (Fsp3) is 0.125. The first kappa shape index (κ1) is 23.6. The number of carbonyl (C=O) groups is 1. The molecule has 2 aromatic heterocycles. The van der Waals surface area contributed by atoms with Crippen molar-refractivity contribution in [3.8, 4) is 11.6 Å². The summed E-state index contributed by atoms with van der Waals surface area (Å²) in [7, 11) is 0. The highest BCUT2D eigenvalue weighted by molar-refractivity contribution is 5.99. The molecule has 0 radical (unpaired) electrons. The lowest BCUT2D eigenvalue weighted by molar-refractivity contribution is -0.138. The molecule has 0 fully saturated rings. The van der Waals surface area contributed by atoms with Crippen molar-refractivity contribution >= 4 is 23.2 Å². The van der Waals surface area contributed by atoms with Crippen LogP contribution in [0.2, 0.25) is 0 Å². The van der Waals surface area contributed by atoms with Crippen molar-refractivity contribution in [2.45, 2.75) is 19.6 Å². The summed E-state index contributed by atoms with van der Waals surface area (Å²) in [6.07, 6.45) is -1.57. The number of hydrogen-bond donors (Lipinski definition) is 3. The lowest BCUT2D eigenvalue weighted by Crippen LogP contribution is -2.20. The van der Waals surface area contributed by atoms with Crippen LogP contribution in [0, 0.1) is 6.92 Å². The van der Waals surface area contributed by atoms with Crippen LogP contribution in [0.3, 0.4) is 0 Å². The van der Waals surface area contributed by atoms with Crippen LogP contribution >= 0.6 is 0 Å². The molecule has 0 aliphatic carbocycles. The summed E-state index contributed by atoms with van der Waals surface area (Å²) >= 11 is 0. The van der Waals surface area contributed by atoms with E-state index in [0.29, 0.717) is 29.7 Å². The zero-order valence-corrected chi connectivity index (χ0v) is 18.4. The molecule has 0 aliphatic heterocycles. The van der Waals surface area contributed by atoms with E-state index in [1.807, 2.05) is 6.07 Å². The number of urea groups is 1. The van der Waals surface area contributed by atoms with Crippen molar-refractivity contribution in [3.63, 3.8) is 0 Å². The average molecular weight is 483 g/mol. The molecule has 2 heterocycles. The van der Waals surface area contributed by atoms with E-state index in [2.05, 4.69) is 25.9 Å². The average Bonchev–Trinajstić information content (AvgIpc) is 3.34. The van der Waals surface area contributed by atoms with Crippen LogP contribution in [0.1, 0.15) is 16.9 Å². The summed E-state index contributed by atoms with van der Waals surface area (Å²) in [6.45, 7) is 1.81. The number of anilines is 3. The molecule has 0 bridgehead atoms. The first-order valence-corrected chi connectivity index (χ1v) is 10.4. The van der Waals surface area contributed by atoms with Gasteiger partial charge in [0.1, 0.15) is 23.7 Å². The number of aryl methyl sites for hydroxylation is 1. The van der Waals surface area contributed by atoms with E-state index in [0.717, 1.165) is 11.8 Å². The predicted octanol–water partition coefficient (Wildman–Crippen LogP) is 6.45. The molecule has 4 aromatic rings. The van der Waals surface area contributed by atoms with Gasteiger partial charge in [-0.1, -0.05) is 6.07 Å². The van der Waals surface area contributed by atoms with E-state index in [1.54, 1.807) is 42.7 Å². The monoisotopic (exact) mass is 483 g/mol. The van der Waals surface area contributed by atoms with Gasteiger partial charge < -0.3 is 25.1 Å². The van der Waals surface area contributed by atoms with Crippen molar-refractivity contribution in [1.82, 2.24) is 9.97 Å². The van der Waals surface area contributed by atoms with Crippen molar-refractivity contribution in [2.75, 3.05) is 16.0 Å². The number of benzene rings is 2. The maximum Gasteiger partial charge on any atom is 0.416 e. The molecule has 0 spiro atoms. The molecule has 0 unspecified atom stereocenters. The summed E-state index contributed by atoms with van der Waals surface area (Å²) in [5.74, 6) is 2.06. The number of nitrogens with zero attached hydrogens (tertiary/aromatic N) is 2. The summed E-state index contributed by atoms with van der Waals surface area (Å²) in [6, 6.07) is 14.6. The summed E-state index contributed by atoms with van der Waals surface area (Å²) < 4.78 is 50.2. The standard InChI is InChI=1S/C24H20F3N5O3/c1-15-4-5-17(11-20(15)24(25,26)27)32-23(33)31-16-6-8-18(9-7-16)35-22-12-21(29-14-30-22)28-13-19-3-2-10-34-19/h2-12,14H,13H2,1H3,(H,28,29,30)(H2,31,32,33). The van der Waals surface area contributed by atoms with Crippen LogP contribution in [0.25, 0.3) is 0 Å². The van der Waals surface area contributed by atoms with Crippen LogP contribution < -0.4 is 20.7 Å². The van der Waals surface area contributed by atoms with E-state index in [9.17, 15) is 18.0 Å². The molecule has 2 aromatic carbocycles. The van der Waals surface area contributed by atoms with Crippen molar-refractivity contribution < 1.29 is 27.1 Å². The van der Waals surface area contributed by atoms with E-state index in [1.165, 1.54) is 25.4 Å². The number of nitrogens with one attached hydrogen (secondary N) is 3. The highest BCUT2D eigenvalue weighted by atomic mass is 19.4. The SMILES string of the molecule is Cc1ccc(NC(=O)Nc2ccc(Oc3cc(NCc4ccco4)ncn3)cc2)cc1C(F)(F)F. The minimum atomic E-state index is -4.51. The summed E-state index contributed by atoms with van der Waals surface area (Å²) in [5.41, 5.74) is -0.286. The Hall–Kier alpha value is -4.54. The third kappa shape index (κ3) is 6.50. The Morgan fingerprint density at radius 2 is 1.74 bits per heavy atom. The van der Waals surface area contributed by atoms with Crippen LogP contribution in [0.5, 0.6) is 11.6 Å². The molecule has 35 heavy (non-hydrogen) atoms. The van der Waals surface area contributed by atoms with Gasteiger partial charge in [-0.2, -0.15) is 13.2 Å². The Labute approximate surface area is 198 Å². The zero-order chi connectivity index (χ0) is 24.8. The smallest absolute Gasteiger partial charge is 0.416 e. The van der Waals surface area contributed by atoms with Gasteiger partial charge in [-0.25, -0.2) is 14.8 Å². The van der Waals surface area contributed by atoms with Crippen LogP contribution in [-0.4, -0.2) is 16.0 Å². The highest BCUT2D eigenvalue weighted by Gasteiger charge is 2.32. The minimum absolute atomic E-state index is 0.0283. The molecule has 4 rings (SSSR count). The second kappa shape index (κ2) is 10.2. The van der Waals surface area contributed by atoms with Crippen molar-refractivity contribution in [3.05, 3.63) is 90.1 Å². The second-order valence-electron chi connectivity index (χ2n) is 7.41. The van der Waals surface area contributed by atoms with Gasteiger partial charge in [0.25, 0.3) is 0 Å². The topological polar surface area (TPSA) is 101 Å². The molecule has 180 valence electrons. The highest BCUT2D eigenvalue weighted by Crippen LogP contribution is 2.33. The van der Waals surface area contributed by atoms with Crippen LogP contribution in [0.15, 0.2) is 77.7 Å². The third-order valence-electron chi connectivity index (χ3n) is 4.80. The van der Waals surface area contributed by atoms with E-state index in [4.69, 9.17) is 9.15 Å². The maximum absolute atomic E-state index is 13.1. The Balaban J connectivity index is 1.33. The fourth-order valence-electron chi connectivity index (χ4n) is 3.11. The van der Waals surface area contributed by atoms with Gasteiger partial charge in [-0.3, -0.25) is 0 Å². The normalized spacial score (nSPS) is 11.1. The number of alkyl halides is 3. The molecular formula is C24H20F3N5O3. The van der Waals surface area contributed by atoms with Crippen LogP contribution in [-0.2, 0) is 12.7 Å². The van der Waals surface area contributed by atoms with Gasteiger partial charge in [0.2, 0.25) is 5.88 Å². The van der Waals surface area contributed by atoms with Gasteiger partial charge in [-0.05, 0) is 61.0 Å². The van der Waals surface area contributed by atoms with Gasteiger partial charge in [-0.15, -0.1) is 0 Å². The Kier molecular flexibility index (Phi) is 6.86. The number of furan rings is 1. The quantitative estimate of drug-likeness (QED) is 0.279. The number of ether oxygens (including phenoxy) is 1. The number of hydrogen-bond acceptors (Lipinski definition) is 6. The molecule has 8 nitrogen and oxygen atoms in total. The predicted molar refractivity (Wildman–Crippen MR) is 123 cm³/mol. The van der Waals surface area contributed by atoms with Gasteiger partial charge in [0.05, 0.1) is 18.4 Å². The van der Waals surface area contributed by atoms with Gasteiger partial charge in [0, 0.05) is 17.4 Å². The first-order valence-electron chi connectivity index (χ1n) is 10.4. The number of aromatic nitrogens is 2. The van der Waals surface area contributed by atoms with Crippen molar-refractivity contribution in [2.24, 2.45) is 0 Å². The first-order chi connectivity index (χ1) is 16.8. The van der Waals surface area contributed by atoms with E-state index >= 15 is 0 Å². The largest absolute Gasteiger partial charge is 0.467 e. The number of halogens is 3. The molecule has 0 aliphatic rings. The molecule has 0 atom stereocenters. The number of amides is 2. The second-order valence-corrected chi connectivity index (χ2v) is 7.41. The Morgan fingerprint density at radius 1 is 1.00 bits per heavy atom. The Bertz CT molecular complexity index is 1290. The molecule has 0 saturated carbocycles. The maximum atomic E-state index is 13.1. The lowest BCUT2D eigenvalue weighted by atomic mass is 10.1. The molecular weight excluding hydrogens is 463 g/mol. The number of carbonyl (C=O) groups excluding carboxylic acids is 1. The van der Waals surface area contributed by atoms with E-state index < -0.39 is 17.8 Å². The van der Waals surface area contributed by atoms with E-state index in [-0.39, 0.29) is 11.3 Å². The minimum Gasteiger partial charge on any atom is -0.467 e. The molecule has 0 saturated heterocycles. The van der Waals surface area contributed by atoms with Gasteiger partial charge in [0.15, 0.2) is 0 Å². The van der Waals surface area contributed by atoms with Crippen molar-refractivity contribution in [1.29, 1.82) is 0 Å².